The maximum absolute atomic E-state index is 11.2. The SMILES string of the molecule is O=C(O)C(COCC1CC1)c1ccc(Br)cc1. The number of hydrogen-bond donors (Lipinski definition) is 1. The predicted molar refractivity (Wildman–Crippen MR) is 68.1 cm³/mol. The van der Waals surface area contributed by atoms with Gasteiger partial charge in [-0.15, -0.1) is 0 Å². The fourth-order valence-electron chi connectivity index (χ4n) is 1.64. The highest BCUT2D eigenvalue weighted by Gasteiger charge is 2.24. The molecule has 1 unspecified atom stereocenters. The van der Waals surface area contributed by atoms with E-state index < -0.39 is 11.9 Å². The van der Waals surface area contributed by atoms with Crippen molar-refractivity contribution in [3.63, 3.8) is 0 Å². The van der Waals surface area contributed by atoms with Crippen LogP contribution in [0.3, 0.4) is 0 Å². The van der Waals surface area contributed by atoms with E-state index in [-0.39, 0.29) is 6.61 Å². The molecule has 0 radical (unpaired) electrons. The highest BCUT2D eigenvalue weighted by molar-refractivity contribution is 9.10. The van der Waals surface area contributed by atoms with Crippen LogP contribution in [0.4, 0.5) is 0 Å². The first-order valence-electron chi connectivity index (χ1n) is 5.73. The van der Waals surface area contributed by atoms with Crippen molar-refractivity contribution in [1.29, 1.82) is 0 Å². The van der Waals surface area contributed by atoms with Crippen LogP contribution in [0.5, 0.6) is 0 Å². The van der Waals surface area contributed by atoms with Gasteiger partial charge in [-0.2, -0.15) is 0 Å². The lowest BCUT2D eigenvalue weighted by atomic mass is 10.0. The van der Waals surface area contributed by atoms with E-state index in [4.69, 9.17) is 4.74 Å². The molecular formula is C13H15BrO3. The zero-order valence-electron chi connectivity index (χ0n) is 9.43. The first-order chi connectivity index (χ1) is 8.16. The van der Waals surface area contributed by atoms with Gasteiger partial charge in [0.25, 0.3) is 0 Å². The van der Waals surface area contributed by atoms with Crippen LogP contribution in [0.15, 0.2) is 28.7 Å². The molecule has 1 N–H and O–H groups in total. The molecule has 1 aromatic carbocycles. The monoisotopic (exact) mass is 298 g/mol. The average molecular weight is 299 g/mol. The maximum atomic E-state index is 11.2. The van der Waals surface area contributed by atoms with Crippen molar-refractivity contribution in [2.24, 2.45) is 5.92 Å². The molecule has 1 fully saturated rings. The minimum atomic E-state index is -0.830. The van der Waals surface area contributed by atoms with Gasteiger partial charge in [0.2, 0.25) is 0 Å². The summed E-state index contributed by atoms with van der Waals surface area (Å²) in [6.45, 7) is 0.952. The number of carboxylic acids is 1. The third-order valence-corrected chi connectivity index (χ3v) is 3.43. The zero-order valence-corrected chi connectivity index (χ0v) is 11.0. The van der Waals surface area contributed by atoms with Crippen LogP contribution in [-0.2, 0) is 9.53 Å². The van der Waals surface area contributed by atoms with Crippen molar-refractivity contribution in [2.45, 2.75) is 18.8 Å². The Labute approximate surface area is 109 Å². The Balaban J connectivity index is 1.95. The normalized spacial score (nSPS) is 16.8. The summed E-state index contributed by atoms with van der Waals surface area (Å²) >= 11 is 3.33. The Hall–Kier alpha value is -0.870. The van der Waals surface area contributed by atoms with Crippen molar-refractivity contribution >= 4 is 21.9 Å². The second-order valence-corrected chi connectivity index (χ2v) is 5.34. The lowest BCUT2D eigenvalue weighted by Crippen LogP contribution is -2.18. The van der Waals surface area contributed by atoms with Crippen LogP contribution >= 0.6 is 15.9 Å². The van der Waals surface area contributed by atoms with Crippen LogP contribution in [0, 0.1) is 5.92 Å². The summed E-state index contributed by atoms with van der Waals surface area (Å²) in [6, 6.07) is 7.35. The lowest BCUT2D eigenvalue weighted by molar-refractivity contribution is -0.140. The molecule has 1 aromatic rings. The summed E-state index contributed by atoms with van der Waals surface area (Å²) < 4.78 is 6.42. The number of ether oxygens (including phenoxy) is 1. The molecule has 1 saturated carbocycles. The molecule has 1 aliphatic rings. The lowest BCUT2D eigenvalue weighted by Gasteiger charge is -2.13. The van der Waals surface area contributed by atoms with E-state index in [1.165, 1.54) is 12.8 Å². The molecule has 0 saturated heterocycles. The topological polar surface area (TPSA) is 46.5 Å². The van der Waals surface area contributed by atoms with E-state index in [9.17, 15) is 9.90 Å². The van der Waals surface area contributed by atoms with Crippen molar-refractivity contribution < 1.29 is 14.6 Å². The minimum absolute atomic E-state index is 0.257. The largest absolute Gasteiger partial charge is 0.481 e. The Bertz CT molecular complexity index is 384. The summed E-state index contributed by atoms with van der Waals surface area (Å²) in [7, 11) is 0. The van der Waals surface area contributed by atoms with Gasteiger partial charge >= 0.3 is 5.97 Å². The molecule has 0 bridgehead atoms. The maximum Gasteiger partial charge on any atom is 0.313 e. The zero-order chi connectivity index (χ0) is 12.3. The van der Waals surface area contributed by atoms with E-state index in [1.807, 2.05) is 24.3 Å². The van der Waals surface area contributed by atoms with Gasteiger partial charge < -0.3 is 9.84 Å². The van der Waals surface area contributed by atoms with Crippen molar-refractivity contribution in [3.8, 4) is 0 Å². The fourth-order valence-corrected chi connectivity index (χ4v) is 1.91. The Morgan fingerprint density at radius 3 is 2.59 bits per heavy atom. The van der Waals surface area contributed by atoms with Gasteiger partial charge in [-0.05, 0) is 36.5 Å². The molecule has 0 aromatic heterocycles. The van der Waals surface area contributed by atoms with Gasteiger partial charge in [0.05, 0.1) is 6.61 Å². The van der Waals surface area contributed by atoms with E-state index >= 15 is 0 Å². The molecule has 2 rings (SSSR count). The molecule has 4 heteroatoms. The number of benzene rings is 1. The highest BCUT2D eigenvalue weighted by atomic mass is 79.9. The molecule has 1 aliphatic carbocycles. The van der Waals surface area contributed by atoms with Crippen LogP contribution in [0.25, 0.3) is 0 Å². The molecule has 17 heavy (non-hydrogen) atoms. The van der Waals surface area contributed by atoms with E-state index in [0.717, 1.165) is 10.0 Å². The van der Waals surface area contributed by atoms with Gasteiger partial charge in [-0.1, -0.05) is 28.1 Å². The van der Waals surface area contributed by atoms with Crippen molar-refractivity contribution in [2.75, 3.05) is 13.2 Å². The summed E-state index contributed by atoms with van der Waals surface area (Å²) in [5.74, 6) is -0.737. The van der Waals surface area contributed by atoms with Gasteiger partial charge in [-0.3, -0.25) is 4.79 Å². The Kier molecular flexibility index (Phi) is 4.18. The molecule has 0 heterocycles. The van der Waals surface area contributed by atoms with Crippen LogP contribution in [-0.4, -0.2) is 24.3 Å². The quantitative estimate of drug-likeness (QED) is 0.878. The summed E-state index contributed by atoms with van der Waals surface area (Å²) in [6.07, 6.45) is 2.44. The summed E-state index contributed by atoms with van der Waals surface area (Å²) in [5, 5.41) is 9.19. The number of carboxylic acid groups (broad SMARTS) is 1. The molecule has 0 aliphatic heterocycles. The summed E-state index contributed by atoms with van der Waals surface area (Å²) in [5.41, 5.74) is 0.788. The first kappa shape index (κ1) is 12.6. The first-order valence-corrected chi connectivity index (χ1v) is 6.52. The number of carbonyl (C=O) groups is 1. The standard InChI is InChI=1S/C13H15BrO3/c14-11-5-3-10(4-6-11)12(13(15)16)8-17-7-9-1-2-9/h3-6,9,12H,1-2,7-8H2,(H,15,16). The molecule has 92 valence electrons. The Morgan fingerprint density at radius 1 is 1.41 bits per heavy atom. The minimum Gasteiger partial charge on any atom is -0.481 e. The van der Waals surface area contributed by atoms with Crippen LogP contribution < -0.4 is 0 Å². The smallest absolute Gasteiger partial charge is 0.313 e. The van der Waals surface area contributed by atoms with Crippen molar-refractivity contribution in [1.82, 2.24) is 0 Å². The highest BCUT2D eigenvalue weighted by Crippen LogP contribution is 2.29. The second-order valence-electron chi connectivity index (χ2n) is 4.42. The third-order valence-electron chi connectivity index (χ3n) is 2.91. The molecular weight excluding hydrogens is 284 g/mol. The molecule has 0 spiro atoms. The van der Waals surface area contributed by atoms with Gasteiger partial charge in [-0.25, -0.2) is 0 Å². The summed E-state index contributed by atoms with van der Waals surface area (Å²) in [4.78, 5) is 11.2. The van der Waals surface area contributed by atoms with E-state index in [2.05, 4.69) is 15.9 Å². The third kappa shape index (κ3) is 3.82. The number of hydrogen-bond acceptors (Lipinski definition) is 2. The fraction of sp³-hybridized carbons (Fsp3) is 0.462. The van der Waals surface area contributed by atoms with Crippen LogP contribution in [0.1, 0.15) is 24.3 Å². The average Bonchev–Trinajstić information content (AvgIpc) is 3.09. The van der Waals surface area contributed by atoms with E-state index in [1.54, 1.807) is 0 Å². The molecule has 0 amide bonds. The molecule has 1 atom stereocenters. The van der Waals surface area contributed by atoms with E-state index in [0.29, 0.717) is 12.5 Å². The van der Waals surface area contributed by atoms with Gasteiger partial charge in [0, 0.05) is 11.1 Å². The van der Waals surface area contributed by atoms with Gasteiger partial charge in [0.15, 0.2) is 0 Å². The number of aliphatic carboxylic acids is 1. The predicted octanol–water partition coefficient (Wildman–Crippen LogP) is 3.04. The van der Waals surface area contributed by atoms with Crippen molar-refractivity contribution in [3.05, 3.63) is 34.3 Å². The van der Waals surface area contributed by atoms with Crippen LogP contribution in [0.2, 0.25) is 0 Å². The number of halogens is 1. The molecule has 3 nitrogen and oxygen atoms in total. The Morgan fingerprint density at radius 2 is 2.06 bits per heavy atom. The number of rotatable bonds is 6. The van der Waals surface area contributed by atoms with Gasteiger partial charge in [0.1, 0.15) is 5.92 Å². The second kappa shape index (κ2) is 5.65.